The largest absolute Gasteiger partial charge is 0.481 e. The van der Waals surface area contributed by atoms with Gasteiger partial charge in [-0.3, -0.25) is 38.4 Å². The Morgan fingerprint density at radius 3 is 2.02 bits per heavy atom. The van der Waals surface area contributed by atoms with Crippen molar-refractivity contribution < 1.29 is 63.9 Å². The molecule has 19 heteroatoms. The van der Waals surface area contributed by atoms with Crippen molar-refractivity contribution in [2.75, 3.05) is 0 Å². The van der Waals surface area contributed by atoms with E-state index in [-0.39, 0.29) is 82.3 Å². The molecule has 0 radical (unpaired) electrons. The highest BCUT2D eigenvalue weighted by Crippen LogP contribution is 2.60. The highest BCUT2D eigenvalue weighted by Gasteiger charge is 2.68. The number of carboxylic acids is 5. The van der Waals surface area contributed by atoms with Crippen LogP contribution in [0.4, 0.5) is 0 Å². The molecule has 19 nitrogen and oxygen atoms in total. The Kier molecular flexibility index (Phi) is 12.0. The molecule has 5 saturated heterocycles. The summed E-state index contributed by atoms with van der Waals surface area (Å²) in [7, 11) is 0. The highest BCUT2D eigenvalue weighted by molar-refractivity contribution is 6.00. The van der Waals surface area contributed by atoms with Crippen molar-refractivity contribution in [2.24, 2.45) is 57.5 Å². The van der Waals surface area contributed by atoms with Crippen molar-refractivity contribution in [3.8, 4) is 0 Å². The lowest BCUT2D eigenvalue weighted by Crippen LogP contribution is -2.60. The molecule has 2 amide bonds. The summed E-state index contributed by atoms with van der Waals surface area (Å²) in [6.07, 6.45) is 1.01. The Labute approximate surface area is 364 Å². The van der Waals surface area contributed by atoms with Gasteiger partial charge in [0, 0.05) is 114 Å². The first-order valence-corrected chi connectivity index (χ1v) is 22.2. The Hall–Kier alpha value is -5.04. The second-order valence-electron chi connectivity index (χ2n) is 20.4. The molecule has 7 aliphatic rings. The number of primary amides is 1. The number of amides is 2. The van der Waals surface area contributed by atoms with Crippen molar-refractivity contribution >= 4 is 47.4 Å². The van der Waals surface area contributed by atoms with E-state index in [1.807, 2.05) is 26.8 Å². The average molecular weight is 883 g/mol. The third-order valence-electron chi connectivity index (χ3n) is 16.7. The van der Waals surface area contributed by atoms with Crippen LogP contribution in [0.2, 0.25) is 0 Å². The maximum absolute atomic E-state index is 14.8. The molecule has 15 atom stereocenters. The average Bonchev–Trinajstić information content (AvgIpc) is 3.82. The summed E-state index contributed by atoms with van der Waals surface area (Å²) in [5.74, 6) is -10.4. The van der Waals surface area contributed by atoms with Crippen molar-refractivity contribution in [2.45, 2.75) is 147 Å². The number of fused-ring (bicyclic) bond motifs is 7. The van der Waals surface area contributed by atoms with E-state index in [0.717, 1.165) is 0 Å². The van der Waals surface area contributed by atoms with Crippen LogP contribution in [0.15, 0.2) is 23.0 Å². The van der Waals surface area contributed by atoms with E-state index in [4.69, 9.17) is 5.73 Å². The molecule has 2 unspecified atom stereocenters. The molecule has 7 rings (SSSR count). The zero-order valence-corrected chi connectivity index (χ0v) is 36.2. The molecule has 0 aromatic rings. The van der Waals surface area contributed by atoms with Crippen LogP contribution in [-0.4, -0.2) is 109 Å². The number of rotatable bonds is 15. The number of carbonyl (C=O) groups is 8. The molecule has 1 spiro atoms. The second kappa shape index (κ2) is 16.5. The number of carbonyl (C=O) groups excluding carboxylic acids is 3. The number of nitrogens with two attached hydrogens (primary N) is 1. The van der Waals surface area contributed by atoms with Crippen LogP contribution < -0.4 is 32.3 Å². The molecule has 63 heavy (non-hydrogen) atoms. The smallest absolute Gasteiger partial charge is 0.303 e. The Bertz CT molecular complexity index is 2060. The fourth-order valence-electron chi connectivity index (χ4n) is 14.0. The van der Waals surface area contributed by atoms with Gasteiger partial charge in [0.15, 0.2) is 5.78 Å². The van der Waals surface area contributed by atoms with Crippen molar-refractivity contribution in [1.29, 1.82) is 0 Å². The molecule has 6 heterocycles. The van der Waals surface area contributed by atoms with Crippen LogP contribution in [0.3, 0.4) is 0 Å². The first-order valence-electron chi connectivity index (χ1n) is 22.2. The number of ketones is 1. The normalized spacial score (nSPS) is 42.1. The number of aliphatic carboxylic acids is 5. The minimum atomic E-state index is -1.26. The van der Waals surface area contributed by atoms with Crippen molar-refractivity contribution in [1.82, 2.24) is 26.6 Å². The van der Waals surface area contributed by atoms with Gasteiger partial charge in [0.05, 0.1) is 12.8 Å². The molecule has 5 fully saturated rings. The minimum Gasteiger partial charge on any atom is -0.481 e. The minimum absolute atomic E-state index is 0.00617. The Morgan fingerprint density at radius 2 is 1.40 bits per heavy atom. The van der Waals surface area contributed by atoms with E-state index in [0.29, 0.717) is 23.4 Å². The fourth-order valence-corrected chi connectivity index (χ4v) is 14.0. The maximum Gasteiger partial charge on any atom is 0.303 e. The lowest BCUT2D eigenvalue weighted by Gasteiger charge is -2.42. The summed E-state index contributed by atoms with van der Waals surface area (Å²) in [5.41, 5.74) is 3.19. The summed E-state index contributed by atoms with van der Waals surface area (Å²) < 4.78 is 0. The van der Waals surface area contributed by atoms with Crippen molar-refractivity contribution in [3.05, 3.63) is 23.0 Å². The predicted octanol–water partition coefficient (Wildman–Crippen LogP) is 1.52. The fraction of sp³-hybridized carbons (Fsp3) is 0.727. The topological polar surface area (TPSA) is 324 Å². The highest BCUT2D eigenvalue weighted by atomic mass is 16.4. The second-order valence-corrected chi connectivity index (χ2v) is 20.4. The first-order chi connectivity index (χ1) is 29.4. The van der Waals surface area contributed by atoms with E-state index in [2.05, 4.69) is 26.6 Å². The SMILES string of the molecule is C[C@H]1C[C@]2(C)C3=C(C1=O)[C@@H]1NC(/C=C4\N[C@@]5(C[C@@H]6NC(C[C@@H](N3)[C@H]2CC(=O)O)[C@@](C)(CC(N)=O)[C@@H]6CCC(=O)O)NC(=O)C[C@@]5(C)[C@@H]4CCC(=O)O)[C@@H](CC(=O)O)[C@@H]1CCC(=O)O. The number of allylic oxidation sites excluding steroid dienone is 2. The molecular formula is C44H62N6O13. The molecule has 0 saturated carbocycles. The van der Waals surface area contributed by atoms with Gasteiger partial charge in [-0.1, -0.05) is 27.7 Å². The first kappa shape index (κ1) is 46.0. The van der Waals surface area contributed by atoms with Gasteiger partial charge in [0.1, 0.15) is 5.66 Å². The lowest BCUT2D eigenvalue weighted by atomic mass is 9.61. The molecule has 8 bridgehead atoms. The molecule has 6 aliphatic heterocycles. The summed E-state index contributed by atoms with van der Waals surface area (Å²) in [6.45, 7) is 7.48. The summed E-state index contributed by atoms with van der Waals surface area (Å²) >= 11 is 0. The van der Waals surface area contributed by atoms with Gasteiger partial charge in [0.2, 0.25) is 11.8 Å². The van der Waals surface area contributed by atoms with Crippen LogP contribution in [0.1, 0.15) is 111 Å². The van der Waals surface area contributed by atoms with E-state index in [1.54, 1.807) is 6.92 Å². The standard InChI is InChI=1S/C44H62N6O13/c1-19-15-42(3)24(12-36(61)62)26-14-29-41(2,17-30(45)51)22(6-9-33(55)56)28(46-29)16-44-43(4,18-31(52)50-44)23(7-10-34(57)58)27(49-44)13-25-21(11-35(59)60)20(5-8-32(53)54)38(47-25)37(39(19)63)40(42)48-26/h13,19-26,28-29,38,46-49H,5-12,14-18H2,1-4H3,(H2,45,51)(H,50,52)(H,53,54)(H,55,56)(H,57,58)(H,59,60)(H,61,62)/b27-13-/t19-,20-,21-,22+,23+,24+,25?,26+,28-,29?,38+,41-,42-,43-,44-/m0/s1. The van der Waals surface area contributed by atoms with Gasteiger partial charge < -0.3 is 57.9 Å². The van der Waals surface area contributed by atoms with E-state index in [1.165, 1.54) is 0 Å². The summed E-state index contributed by atoms with van der Waals surface area (Å²) in [6, 6.07) is -3.43. The molecule has 0 aromatic heterocycles. The van der Waals surface area contributed by atoms with E-state index in [9.17, 15) is 63.9 Å². The quantitative estimate of drug-likeness (QED) is 0.111. The van der Waals surface area contributed by atoms with E-state index >= 15 is 0 Å². The van der Waals surface area contributed by atoms with E-state index < -0.39 is 130 Å². The van der Waals surface area contributed by atoms with Gasteiger partial charge in [-0.25, -0.2) is 0 Å². The molecule has 12 N–H and O–H groups in total. The third-order valence-corrected chi connectivity index (χ3v) is 16.7. The van der Waals surface area contributed by atoms with Crippen molar-refractivity contribution in [3.63, 3.8) is 0 Å². The zero-order valence-electron chi connectivity index (χ0n) is 36.2. The van der Waals surface area contributed by atoms with Gasteiger partial charge in [-0.15, -0.1) is 0 Å². The Balaban J connectivity index is 1.50. The van der Waals surface area contributed by atoms with Crippen LogP contribution in [0, 0.1) is 51.8 Å². The summed E-state index contributed by atoms with van der Waals surface area (Å²) in [5, 5.41) is 68.5. The number of carboxylic acid groups (broad SMARTS) is 5. The van der Waals surface area contributed by atoms with Crippen LogP contribution in [0.5, 0.6) is 0 Å². The zero-order chi connectivity index (χ0) is 46.1. The number of nitrogens with one attached hydrogen (secondary N) is 5. The molecular weight excluding hydrogens is 821 g/mol. The predicted molar refractivity (Wildman–Crippen MR) is 221 cm³/mol. The molecule has 1 aliphatic carbocycles. The molecule has 0 aromatic carbocycles. The van der Waals surface area contributed by atoms with Gasteiger partial charge in [0.25, 0.3) is 0 Å². The van der Waals surface area contributed by atoms with Gasteiger partial charge >= 0.3 is 29.8 Å². The monoisotopic (exact) mass is 882 g/mol. The number of Topliss-reactive ketones (excluding diaryl/α,β-unsaturated/α-hetero) is 1. The Morgan fingerprint density at radius 1 is 0.762 bits per heavy atom. The van der Waals surface area contributed by atoms with Gasteiger partial charge in [-0.05, 0) is 61.3 Å². The van der Waals surface area contributed by atoms with Crippen LogP contribution >= 0.6 is 0 Å². The number of hydrogen-bond acceptors (Lipinski definition) is 12. The summed E-state index contributed by atoms with van der Waals surface area (Å²) in [4.78, 5) is 104. The van der Waals surface area contributed by atoms with Gasteiger partial charge in [-0.2, -0.15) is 0 Å². The van der Waals surface area contributed by atoms with Crippen LogP contribution in [0.25, 0.3) is 0 Å². The number of hydrogen-bond donors (Lipinski definition) is 11. The third kappa shape index (κ3) is 7.97. The van der Waals surface area contributed by atoms with Crippen LogP contribution in [-0.2, 0) is 38.4 Å². The lowest BCUT2D eigenvalue weighted by molar-refractivity contribution is -0.140. The molecule has 346 valence electrons. The maximum atomic E-state index is 14.8.